The Hall–Kier alpha value is -0.940. The highest BCUT2D eigenvalue weighted by molar-refractivity contribution is 4.90. The van der Waals surface area contributed by atoms with Gasteiger partial charge in [0.25, 0.3) is 0 Å². The third kappa shape index (κ3) is 4.38. The molecule has 2 heterocycles. The lowest BCUT2D eigenvalue weighted by molar-refractivity contribution is 0.109. The molecule has 0 aliphatic carbocycles. The van der Waals surface area contributed by atoms with Crippen LogP contribution in [0.25, 0.3) is 0 Å². The summed E-state index contributed by atoms with van der Waals surface area (Å²) in [6, 6.07) is 0. The Morgan fingerprint density at radius 2 is 2.22 bits per heavy atom. The molecule has 18 heavy (non-hydrogen) atoms. The van der Waals surface area contributed by atoms with Gasteiger partial charge in [0.1, 0.15) is 0 Å². The number of nitrogens with zero attached hydrogens (tertiary/aromatic N) is 2. The molecule has 0 spiro atoms. The number of rotatable bonds is 5. The number of hydrogen-bond donors (Lipinski definition) is 1. The Morgan fingerprint density at radius 3 is 2.89 bits per heavy atom. The van der Waals surface area contributed by atoms with Crippen molar-refractivity contribution in [2.75, 3.05) is 13.2 Å². The molecule has 0 amide bonds. The van der Waals surface area contributed by atoms with Crippen LogP contribution in [0.2, 0.25) is 0 Å². The van der Waals surface area contributed by atoms with Gasteiger partial charge in [-0.2, -0.15) is 4.98 Å². The Labute approximate surface area is 108 Å². The highest BCUT2D eigenvalue weighted by Gasteiger charge is 2.19. The van der Waals surface area contributed by atoms with Crippen molar-refractivity contribution in [2.45, 2.75) is 58.1 Å². The van der Waals surface area contributed by atoms with E-state index in [1.807, 2.05) is 0 Å². The van der Waals surface area contributed by atoms with Gasteiger partial charge in [-0.1, -0.05) is 5.16 Å². The van der Waals surface area contributed by atoms with Gasteiger partial charge in [0.2, 0.25) is 5.89 Å². The summed E-state index contributed by atoms with van der Waals surface area (Å²) in [5.74, 6) is 1.48. The highest BCUT2D eigenvalue weighted by Crippen LogP contribution is 2.15. The summed E-state index contributed by atoms with van der Waals surface area (Å²) < 4.78 is 10.8. The van der Waals surface area contributed by atoms with E-state index in [-0.39, 0.29) is 11.6 Å². The molecule has 5 nitrogen and oxygen atoms in total. The van der Waals surface area contributed by atoms with Crippen molar-refractivity contribution in [3.63, 3.8) is 0 Å². The maximum absolute atomic E-state index is 5.56. The van der Waals surface area contributed by atoms with E-state index < -0.39 is 0 Å². The second-order valence-electron chi connectivity index (χ2n) is 5.87. The lowest BCUT2D eigenvalue weighted by Gasteiger charge is -2.19. The SMILES string of the molecule is CC(C)(C)NCCc1nc(CC2CCCO2)no1. The van der Waals surface area contributed by atoms with Gasteiger partial charge in [-0.05, 0) is 33.6 Å². The molecule has 1 atom stereocenters. The molecule has 1 aliphatic rings. The Balaban J connectivity index is 1.75. The maximum Gasteiger partial charge on any atom is 0.227 e. The predicted molar refractivity (Wildman–Crippen MR) is 68.4 cm³/mol. The van der Waals surface area contributed by atoms with Crippen LogP contribution < -0.4 is 5.32 Å². The first-order valence-electron chi connectivity index (χ1n) is 6.71. The second kappa shape index (κ2) is 5.80. The van der Waals surface area contributed by atoms with Crippen molar-refractivity contribution in [3.8, 4) is 0 Å². The van der Waals surface area contributed by atoms with Crippen LogP contribution in [0.15, 0.2) is 4.52 Å². The minimum Gasteiger partial charge on any atom is -0.378 e. The van der Waals surface area contributed by atoms with Gasteiger partial charge in [-0.15, -0.1) is 0 Å². The van der Waals surface area contributed by atoms with E-state index in [2.05, 4.69) is 36.2 Å². The van der Waals surface area contributed by atoms with Crippen LogP contribution in [0.1, 0.15) is 45.3 Å². The normalized spacial score (nSPS) is 20.5. The van der Waals surface area contributed by atoms with Crippen molar-refractivity contribution in [3.05, 3.63) is 11.7 Å². The third-order valence-electron chi connectivity index (χ3n) is 2.94. The van der Waals surface area contributed by atoms with Crippen LogP contribution in [0.5, 0.6) is 0 Å². The first-order chi connectivity index (χ1) is 8.53. The van der Waals surface area contributed by atoms with Gasteiger partial charge in [0.15, 0.2) is 5.82 Å². The van der Waals surface area contributed by atoms with E-state index in [4.69, 9.17) is 9.26 Å². The molecule has 1 unspecified atom stereocenters. The van der Waals surface area contributed by atoms with Crippen LogP contribution in [-0.4, -0.2) is 34.9 Å². The fourth-order valence-corrected chi connectivity index (χ4v) is 2.03. The quantitative estimate of drug-likeness (QED) is 0.866. The summed E-state index contributed by atoms with van der Waals surface area (Å²) in [6.45, 7) is 8.15. The molecule has 102 valence electrons. The molecule has 0 aromatic carbocycles. The molecule has 0 radical (unpaired) electrons. The smallest absolute Gasteiger partial charge is 0.227 e. The Bertz CT molecular complexity index is 365. The molecule has 5 heteroatoms. The van der Waals surface area contributed by atoms with E-state index in [1.165, 1.54) is 0 Å². The molecular formula is C13H23N3O2. The van der Waals surface area contributed by atoms with Crippen molar-refractivity contribution in [1.29, 1.82) is 0 Å². The zero-order valence-electron chi connectivity index (χ0n) is 11.5. The number of hydrogen-bond acceptors (Lipinski definition) is 5. The minimum absolute atomic E-state index is 0.126. The molecule has 0 saturated carbocycles. The van der Waals surface area contributed by atoms with Crippen molar-refractivity contribution < 1.29 is 9.26 Å². The maximum atomic E-state index is 5.56. The molecule has 1 aromatic heterocycles. The summed E-state index contributed by atoms with van der Waals surface area (Å²) in [7, 11) is 0. The fraction of sp³-hybridized carbons (Fsp3) is 0.846. The van der Waals surface area contributed by atoms with Crippen LogP contribution in [-0.2, 0) is 17.6 Å². The zero-order valence-corrected chi connectivity index (χ0v) is 11.5. The monoisotopic (exact) mass is 253 g/mol. The fourth-order valence-electron chi connectivity index (χ4n) is 2.03. The van der Waals surface area contributed by atoms with Gasteiger partial charge in [-0.25, -0.2) is 0 Å². The van der Waals surface area contributed by atoms with Crippen molar-refractivity contribution >= 4 is 0 Å². The predicted octanol–water partition coefficient (Wildman–Crippen LogP) is 1.72. The average Bonchev–Trinajstić information content (AvgIpc) is 2.89. The van der Waals surface area contributed by atoms with Gasteiger partial charge in [0, 0.05) is 31.5 Å². The molecule has 1 N–H and O–H groups in total. The van der Waals surface area contributed by atoms with Crippen molar-refractivity contribution in [1.82, 2.24) is 15.5 Å². The summed E-state index contributed by atoms with van der Waals surface area (Å²) in [5.41, 5.74) is 0.126. The summed E-state index contributed by atoms with van der Waals surface area (Å²) in [5, 5.41) is 7.40. The van der Waals surface area contributed by atoms with Crippen molar-refractivity contribution in [2.24, 2.45) is 0 Å². The van der Waals surface area contributed by atoms with E-state index in [1.54, 1.807) is 0 Å². The highest BCUT2D eigenvalue weighted by atomic mass is 16.5. The van der Waals surface area contributed by atoms with Gasteiger partial charge in [0.05, 0.1) is 6.10 Å². The van der Waals surface area contributed by atoms with Gasteiger partial charge >= 0.3 is 0 Å². The molecule has 1 aliphatic heterocycles. The lowest BCUT2D eigenvalue weighted by Crippen LogP contribution is -2.37. The van der Waals surface area contributed by atoms with Gasteiger partial charge < -0.3 is 14.6 Å². The summed E-state index contributed by atoms with van der Waals surface area (Å²) >= 11 is 0. The topological polar surface area (TPSA) is 60.2 Å². The van der Waals surface area contributed by atoms with Gasteiger partial charge in [-0.3, -0.25) is 0 Å². The molecule has 2 rings (SSSR count). The summed E-state index contributed by atoms with van der Waals surface area (Å²) in [6.07, 6.45) is 4.08. The Morgan fingerprint density at radius 1 is 1.39 bits per heavy atom. The first-order valence-corrected chi connectivity index (χ1v) is 6.71. The molecule has 0 bridgehead atoms. The number of nitrogens with one attached hydrogen (secondary N) is 1. The molecule has 1 fully saturated rings. The molecule has 1 saturated heterocycles. The molecular weight excluding hydrogens is 230 g/mol. The standard InChI is InChI=1S/C13H23N3O2/c1-13(2,3)14-7-6-12-15-11(16-18-12)9-10-5-4-8-17-10/h10,14H,4-9H2,1-3H3. The zero-order chi connectivity index (χ0) is 13.0. The number of aromatic nitrogens is 2. The average molecular weight is 253 g/mol. The Kier molecular flexibility index (Phi) is 4.35. The van der Waals surface area contributed by atoms with Crippen LogP contribution in [0, 0.1) is 0 Å². The number of ether oxygens (including phenoxy) is 1. The van der Waals surface area contributed by atoms with E-state index in [0.29, 0.717) is 5.89 Å². The largest absolute Gasteiger partial charge is 0.378 e. The summed E-state index contributed by atoms with van der Waals surface area (Å²) in [4.78, 5) is 4.40. The first kappa shape index (κ1) is 13.5. The van der Waals surface area contributed by atoms with E-state index >= 15 is 0 Å². The minimum atomic E-state index is 0.126. The second-order valence-corrected chi connectivity index (χ2v) is 5.87. The molecule has 1 aromatic rings. The van der Waals surface area contributed by atoms with E-state index in [9.17, 15) is 0 Å². The van der Waals surface area contributed by atoms with Crippen LogP contribution >= 0.6 is 0 Å². The van der Waals surface area contributed by atoms with Crippen LogP contribution in [0.3, 0.4) is 0 Å². The lowest BCUT2D eigenvalue weighted by atomic mass is 10.1. The third-order valence-corrected chi connectivity index (χ3v) is 2.94. The van der Waals surface area contributed by atoms with E-state index in [0.717, 1.165) is 44.7 Å². The van der Waals surface area contributed by atoms with Crippen LogP contribution in [0.4, 0.5) is 0 Å².